The van der Waals surface area contributed by atoms with E-state index < -0.39 is 22.2 Å². The molecule has 2 fully saturated rings. The van der Waals surface area contributed by atoms with Crippen molar-refractivity contribution in [3.05, 3.63) is 24.0 Å². The summed E-state index contributed by atoms with van der Waals surface area (Å²) in [5, 5.41) is 14.3. The first-order valence-electron chi connectivity index (χ1n) is 13.2. The molecule has 4 rings (SSSR count). The summed E-state index contributed by atoms with van der Waals surface area (Å²) in [4.78, 5) is 20.5. The van der Waals surface area contributed by atoms with Crippen molar-refractivity contribution < 1.29 is 19.4 Å². The molecule has 1 N–H and O–H groups in total. The van der Waals surface area contributed by atoms with Crippen LogP contribution in [0.25, 0.3) is 5.65 Å². The highest BCUT2D eigenvalue weighted by Gasteiger charge is 2.49. The minimum absolute atomic E-state index is 0.00680. The zero-order valence-electron chi connectivity index (χ0n) is 22.7. The SMILES string of the molecule is C[Si](C)(C)CCOCN(COCC[Si](C)(C)C)c1cc(C2CC3CCC2N3C(=O)O)nc2ccnn12. The lowest BCUT2D eigenvalue weighted by Crippen LogP contribution is -2.35. The number of fused-ring (bicyclic) bond motifs is 3. The van der Waals surface area contributed by atoms with Gasteiger partial charge in [0.25, 0.3) is 0 Å². The quantitative estimate of drug-likeness (QED) is 0.229. The van der Waals surface area contributed by atoms with E-state index in [0.717, 1.165) is 61.7 Å². The topological polar surface area (TPSA) is 92.4 Å². The molecule has 36 heavy (non-hydrogen) atoms. The first kappa shape index (κ1) is 27.1. The Morgan fingerprint density at radius 3 is 2.28 bits per heavy atom. The molecular weight excluding hydrogens is 490 g/mol. The lowest BCUT2D eigenvalue weighted by Gasteiger charge is -2.28. The third-order valence-electron chi connectivity index (χ3n) is 7.31. The van der Waals surface area contributed by atoms with Crippen LogP contribution < -0.4 is 4.90 Å². The number of hydrogen-bond donors (Lipinski definition) is 1. The van der Waals surface area contributed by atoms with Gasteiger partial charge >= 0.3 is 6.09 Å². The third-order valence-corrected chi connectivity index (χ3v) is 10.7. The van der Waals surface area contributed by atoms with Crippen molar-refractivity contribution in [2.75, 3.05) is 31.6 Å². The van der Waals surface area contributed by atoms with E-state index in [9.17, 15) is 9.90 Å². The van der Waals surface area contributed by atoms with Crippen molar-refractivity contribution in [3.8, 4) is 0 Å². The number of aromatic nitrogens is 3. The van der Waals surface area contributed by atoms with E-state index in [2.05, 4.69) is 55.3 Å². The second kappa shape index (κ2) is 10.8. The number of anilines is 1. The number of rotatable bonds is 12. The van der Waals surface area contributed by atoms with Gasteiger partial charge < -0.3 is 24.4 Å². The van der Waals surface area contributed by atoms with Crippen LogP contribution in [0.4, 0.5) is 10.6 Å². The van der Waals surface area contributed by atoms with E-state index in [0.29, 0.717) is 13.5 Å². The average molecular weight is 534 g/mol. The van der Waals surface area contributed by atoms with Crippen molar-refractivity contribution in [2.45, 2.75) is 88.6 Å². The summed E-state index contributed by atoms with van der Waals surface area (Å²) in [6.07, 6.45) is 3.61. The van der Waals surface area contributed by atoms with Gasteiger partial charge in [-0.05, 0) is 31.4 Å². The second-order valence-electron chi connectivity index (χ2n) is 12.7. The molecule has 0 saturated carbocycles. The Morgan fingerprint density at radius 1 is 1.08 bits per heavy atom. The van der Waals surface area contributed by atoms with Gasteiger partial charge in [-0.3, -0.25) is 0 Å². The molecule has 0 aliphatic carbocycles. The zero-order valence-corrected chi connectivity index (χ0v) is 24.7. The molecule has 2 aliphatic rings. The van der Waals surface area contributed by atoms with Crippen molar-refractivity contribution in [1.29, 1.82) is 0 Å². The van der Waals surface area contributed by atoms with Crippen LogP contribution in [-0.4, -0.2) is 85.6 Å². The van der Waals surface area contributed by atoms with E-state index >= 15 is 0 Å². The van der Waals surface area contributed by atoms with Crippen LogP contribution in [0.2, 0.25) is 51.4 Å². The number of amides is 1. The summed E-state index contributed by atoms with van der Waals surface area (Å²) >= 11 is 0. The normalized spacial score (nSPS) is 22.1. The molecule has 2 saturated heterocycles. The van der Waals surface area contributed by atoms with Gasteiger partial charge in [-0.25, -0.2) is 9.78 Å². The standard InChI is InChI=1S/C25H43N5O4Si2/c1-35(2,3)13-11-33-17-28(18-34-12-14-36(4,5)6)24-16-21(27-23-9-10-26-30(23)24)20-15-19-7-8-22(20)29(19)25(31)32/h9-10,16,19-20,22H,7-8,11-15,17-18H2,1-6H3,(H,31,32). The molecule has 11 heteroatoms. The Kier molecular flexibility index (Phi) is 8.13. The van der Waals surface area contributed by atoms with Crippen LogP contribution in [0, 0.1) is 0 Å². The fourth-order valence-electron chi connectivity index (χ4n) is 5.21. The Hall–Kier alpha value is -1.96. The highest BCUT2D eigenvalue weighted by Crippen LogP contribution is 2.46. The van der Waals surface area contributed by atoms with Crippen molar-refractivity contribution >= 4 is 33.7 Å². The molecule has 2 aliphatic heterocycles. The Bertz CT molecular complexity index is 1030. The number of ether oxygens (including phenoxy) is 2. The van der Waals surface area contributed by atoms with Crippen LogP contribution in [0.1, 0.15) is 30.9 Å². The first-order chi connectivity index (χ1) is 16.9. The summed E-state index contributed by atoms with van der Waals surface area (Å²) in [5.41, 5.74) is 1.70. The van der Waals surface area contributed by atoms with Crippen molar-refractivity contribution in [2.24, 2.45) is 0 Å². The maximum Gasteiger partial charge on any atom is 0.407 e. The molecule has 0 aromatic carbocycles. The summed E-state index contributed by atoms with van der Waals surface area (Å²) < 4.78 is 14.2. The van der Waals surface area contributed by atoms with E-state index in [4.69, 9.17) is 14.5 Å². The molecule has 2 aromatic heterocycles. The maximum absolute atomic E-state index is 11.9. The molecular formula is C25H43N5O4Si2. The van der Waals surface area contributed by atoms with Crippen molar-refractivity contribution in [3.63, 3.8) is 0 Å². The Balaban J connectivity index is 1.57. The monoisotopic (exact) mass is 533 g/mol. The van der Waals surface area contributed by atoms with Gasteiger partial charge in [0, 0.05) is 59.5 Å². The predicted molar refractivity (Wildman–Crippen MR) is 147 cm³/mol. The van der Waals surface area contributed by atoms with E-state index in [1.54, 1.807) is 11.1 Å². The third kappa shape index (κ3) is 6.48. The number of carbonyl (C=O) groups is 1. The number of carboxylic acid groups (broad SMARTS) is 1. The lowest BCUT2D eigenvalue weighted by atomic mass is 9.86. The minimum Gasteiger partial charge on any atom is -0.465 e. The zero-order chi connectivity index (χ0) is 26.1. The second-order valence-corrected chi connectivity index (χ2v) is 23.9. The molecule has 2 aromatic rings. The lowest BCUT2D eigenvalue weighted by molar-refractivity contribution is 0.0942. The summed E-state index contributed by atoms with van der Waals surface area (Å²) in [6.45, 7) is 16.4. The molecule has 9 nitrogen and oxygen atoms in total. The Labute approximate surface area is 216 Å². The highest BCUT2D eigenvalue weighted by molar-refractivity contribution is 6.76. The van der Waals surface area contributed by atoms with E-state index in [-0.39, 0.29) is 18.0 Å². The molecule has 4 heterocycles. The minimum atomic E-state index is -1.19. The number of hydrogen-bond acceptors (Lipinski definition) is 6. The van der Waals surface area contributed by atoms with Crippen molar-refractivity contribution in [1.82, 2.24) is 19.5 Å². The van der Waals surface area contributed by atoms with E-state index in [1.807, 2.05) is 10.6 Å². The molecule has 3 atom stereocenters. The summed E-state index contributed by atoms with van der Waals surface area (Å²) in [6, 6.07) is 6.28. The molecule has 0 radical (unpaired) electrons. The van der Waals surface area contributed by atoms with Crippen LogP contribution in [0.5, 0.6) is 0 Å². The smallest absolute Gasteiger partial charge is 0.407 e. The number of nitrogens with zero attached hydrogens (tertiary/aromatic N) is 5. The van der Waals surface area contributed by atoms with Gasteiger partial charge in [0.2, 0.25) is 0 Å². The summed E-state index contributed by atoms with van der Waals surface area (Å²) in [7, 11) is -2.39. The largest absolute Gasteiger partial charge is 0.465 e. The predicted octanol–water partition coefficient (Wildman–Crippen LogP) is 5.16. The van der Waals surface area contributed by atoms with Gasteiger partial charge in [-0.15, -0.1) is 0 Å². The Morgan fingerprint density at radius 2 is 1.72 bits per heavy atom. The fraction of sp³-hybridized carbons (Fsp3) is 0.720. The van der Waals surface area contributed by atoms with E-state index in [1.165, 1.54) is 0 Å². The molecule has 0 spiro atoms. The molecule has 2 bridgehead atoms. The fourth-order valence-corrected chi connectivity index (χ4v) is 6.72. The van der Waals surface area contributed by atoms with Crippen LogP contribution in [0.3, 0.4) is 0 Å². The maximum atomic E-state index is 11.9. The van der Waals surface area contributed by atoms with Crippen LogP contribution in [-0.2, 0) is 9.47 Å². The van der Waals surface area contributed by atoms with Crippen LogP contribution >= 0.6 is 0 Å². The molecule has 3 unspecified atom stereocenters. The van der Waals surface area contributed by atoms with Gasteiger partial charge in [0.15, 0.2) is 5.65 Å². The van der Waals surface area contributed by atoms with Gasteiger partial charge in [-0.1, -0.05) is 39.3 Å². The first-order valence-corrected chi connectivity index (χ1v) is 20.6. The van der Waals surface area contributed by atoms with Gasteiger partial charge in [0.1, 0.15) is 19.3 Å². The van der Waals surface area contributed by atoms with Gasteiger partial charge in [0.05, 0.1) is 11.9 Å². The van der Waals surface area contributed by atoms with Crippen LogP contribution in [0.15, 0.2) is 18.3 Å². The highest BCUT2D eigenvalue weighted by atomic mass is 28.3. The average Bonchev–Trinajstić information content (AvgIpc) is 3.50. The molecule has 200 valence electrons. The summed E-state index contributed by atoms with van der Waals surface area (Å²) in [5.74, 6) is 0.978. The molecule has 1 amide bonds. The van der Waals surface area contributed by atoms with Gasteiger partial charge in [-0.2, -0.15) is 9.61 Å².